The molecule has 2 aromatic rings. The van der Waals surface area contributed by atoms with E-state index in [4.69, 9.17) is 9.47 Å². The van der Waals surface area contributed by atoms with Crippen LogP contribution in [-0.2, 0) is 9.47 Å². The molecule has 0 bridgehead atoms. The molecule has 2 aromatic carbocycles. The molecule has 0 heterocycles. The van der Waals surface area contributed by atoms with Crippen LogP contribution in [0.2, 0.25) is 0 Å². The fourth-order valence-electron chi connectivity index (χ4n) is 2.25. The lowest BCUT2D eigenvalue weighted by Gasteiger charge is -2.06. The van der Waals surface area contributed by atoms with Crippen LogP contribution in [0, 0.1) is 5.92 Å². The van der Waals surface area contributed by atoms with Crippen LogP contribution in [0.25, 0.3) is 0 Å². The summed E-state index contributed by atoms with van der Waals surface area (Å²) < 4.78 is 10.2. The molecule has 0 spiro atoms. The Balaban J connectivity index is 0.000000283. The van der Waals surface area contributed by atoms with Gasteiger partial charge in [0.2, 0.25) is 0 Å². The second-order valence-corrected chi connectivity index (χ2v) is 6.92. The van der Waals surface area contributed by atoms with Gasteiger partial charge >= 0.3 is 11.9 Å². The van der Waals surface area contributed by atoms with Crippen molar-refractivity contribution in [1.29, 1.82) is 0 Å². The van der Waals surface area contributed by atoms with Gasteiger partial charge in [-0.3, -0.25) is 0 Å². The third-order valence-electron chi connectivity index (χ3n) is 3.80. The van der Waals surface area contributed by atoms with Gasteiger partial charge in [-0.1, -0.05) is 76.4 Å². The number of hydrogen-bond donors (Lipinski definition) is 0. The highest BCUT2D eigenvalue weighted by atomic mass is 16.5. The quantitative estimate of drug-likeness (QED) is 0.397. The summed E-state index contributed by atoms with van der Waals surface area (Å²) in [5.74, 6) is -0.0749. The summed E-state index contributed by atoms with van der Waals surface area (Å²) >= 11 is 0. The predicted molar refractivity (Wildman–Crippen MR) is 112 cm³/mol. The second-order valence-electron chi connectivity index (χ2n) is 6.92. The molecular formula is C24H32O4. The highest BCUT2D eigenvalue weighted by Crippen LogP contribution is 2.04. The summed E-state index contributed by atoms with van der Waals surface area (Å²) in [6, 6.07) is 18.1. The van der Waals surface area contributed by atoms with Crippen molar-refractivity contribution in [3.63, 3.8) is 0 Å². The van der Waals surface area contributed by atoms with E-state index < -0.39 is 0 Å². The van der Waals surface area contributed by atoms with Crippen LogP contribution in [0.5, 0.6) is 0 Å². The first-order chi connectivity index (χ1) is 13.5. The van der Waals surface area contributed by atoms with Gasteiger partial charge in [0.25, 0.3) is 0 Å². The van der Waals surface area contributed by atoms with Gasteiger partial charge in [0.15, 0.2) is 0 Å². The number of benzene rings is 2. The summed E-state index contributed by atoms with van der Waals surface area (Å²) in [5.41, 5.74) is 1.25. The number of ether oxygens (including phenoxy) is 2. The van der Waals surface area contributed by atoms with Crippen LogP contribution in [0.15, 0.2) is 60.7 Å². The van der Waals surface area contributed by atoms with Crippen molar-refractivity contribution in [3.8, 4) is 0 Å². The smallest absolute Gasteiger partial charge is 0.338 e. The monoisotopic (exact) mass is 384 g/mol. The average molecular weight is 385 g/mol. The van der Waals surface area contributed by atoms with Crippen molar-refractivity contribution in [2.45, 2.75) is 46.5 Å². The highest BCUT2D eigenvalue weighted by molar-refractivity contribution is 5.89. The molecule has 0 aromatic heterocycles. The molecule has 0 fully saturated rings. The minimum Gasteiger partial charge on any atom is -0.462 e. The van der Waals surface area contributed by atoms with Gasteiger partial charge in [-0.2, -0.15) is 0 Å². The Morgan fingerprint density at radius 3 is 1.71 bits per heavy atom. The molecule has 0 atom stereocenters. The normalized spacial score (nSPS) is 10.0. The number of carbonyl (C=O) groups is 2. The fraction of sp³-hybridized carbons (Fsp3) is 0.417. The zero-order valence-corrected chi connectivity index (χ0v) is 17.2. The van der Waals surface area contributed by atoms with Crippen LogP contribution in [0.4, 0.5) is 0 Å². The highest BCUT2D eigenvalue weighted by Gasteiger charge is 2.06. The summed E-state index contributed by atoms with van der Waals surface area (Å²) in [6.07, 6.45) is 4.51. The number of carbonyl (C=O) groups excluding carboxylic acids is 2. The molecule has 0 radical (unpaired) electrons. The molecule has 0 aliphatic rings. The lowest BCUT2D eigenvalue weighted by Crippen LogP contribution is -2.09. The van der Waals surface area contributed by atoms with Gasteiger partial charge in [-0.15, -0.1) is 0 Å². The van der Waals surface area contributed by atoms with Crippen molar-refractivity contribution in [3.05, 3.63) is 71.8 Å². The summed E-state index contributed by atoms with van der Waals surface area (Å²) in [7, 11) is 0. The molecule has 2 rings (SSSR count). The maximum Gasteiger partial charge on any atom is 0.338 e. The minimum absolute atomic E-state index is 0.216. The van der Waals surface area contributed by atoms with Crippen LogP contribution in [-0.4, -0.2) is 25.2 Å². The Morgan fingerprint density at radius 2 is 1.25 bits per heavy atom. The molecule has 28 heavy (non-hydrogen) atoms. The maximum atomic E-state index is 11.5. The zero-order chi connectivity index (χ0) is 20.6. The topological polar surface area (TPSA) is 52.6 Å². The van der Waals surface area contributed by atoms with Gasteiger partial charge in [0.1, 0.15) is 0 Å². The molecule has 0 N–H and O–H groups in total. The van der Waals surface area contributed by atoms with Crippen LogP contribution >= 0.6 is 0 Å². The molecule has 0 unspecified atom stereocenters. The zero-order valence-electron chi connectivity index (χ0n) is 17.2. The SMILES string of the molecule is CC(C)COC(=O)c1ccccc1.CCCCCCOC(=O)c1ccccc1. The number of unbranched alkanes of at least 4 members (excludes halogenated alkanes) is 3. The van der Waals surface area contributed by atoms with Crippen molar-refractivity contribution in [2.75, 3.05) is 13.2 Å². The van der Waals surface area contributed by atoms with Crippen LogP contribution < -0.4 is 0 Å². The summed E-state index contributed by atoms with van der Waals surface area (Å²) in [6.45, 7) is 7.20. The number of hydrogen-bond acceptors (Lipinski definition) is 4. The van der Waals surface area contributed by atoms with E-state index in [1.165, 1.54) is 12.8 Å². The fourth-order valence-corrected chi connectivity index (χ4v) is 2.25. The van der Waals surface area contributed by atoms with Gasteiger partial charge < -0.3 is 9.47 Å². The van der Waals surface area contributed by atoms with E-state index in [-0.39, 0.29) is 11.9 Å². The molecule has 4 heteroatoms. The molecule has 0 amide bonds. The van der Waals surface area contributed by atoms with E-state index in [0.29, 0.717) is 30.3 Å². The summed E-state index contributed by atoms with van der Waals surface area (Å²) in [5, 5.41) is 0. The first-order valence-electron chi connectivity index (χ1n) is 9.99. The molecule has 0 aliphatic heterocycles. The van der Waals surface area contributed by atoms with E-state index in [1.807, 2.05) is 50.2 Å². The van der Waals surface area contributed by atoms with Crippen molar-refractivity contribution >= 4 is 11.9 Å². The van der Waals surface area contributed by atoms with Crippen molar-refractivity contribution in [2.24, 2.45) is 5.92 Å². The second kappa shape index (κ2) is 14.4. The van der Waals surface area contributed by atoms with Gasteiger partial charge in [-0.05, 0) is 36.6 Å². The molecule has 0 aliphatic carbocycles. The Morgan fingerprint density at radius 1 is 0.750 bits per heavy atom. The molecular weight excluding hydrogens is 352 g/mol. The largest absolute Gasteiger partial charge is 0.462 e. The van der Waals surface area contributed by atoms with E-state index in [9.17, 15) is 9.59 Å². The third-order valence-corrected chi connectivity index (χ3v) is 3.80. The lowest BCUT2D eigenvalue weighted by atomic mass is 10.2. The first-order valence-corrected chi connectivity index (χ1v) is 9.99. The van der Waals surface area contributed by atoms with E-state index in [2.05, 4.69) is 6.92 Å². The van der Waals surface area contributed by atoms with E-state index >= 15 is 0 Å². The third kappa shape index (κ3) is 10.5. The maximum absolute atomic E-state index is 11.5. The summed E-state index contributed by atoms with van der Waals surface area (Å²) in [4.78, 5) is 22.8. The lowest BCUT2D eigenvalue weighted by molar-refractivity contribution is 0.0457. The van der Waals surface area contributed by atoms with Gasteiger partial charge in [0, 0.05) is 0 Å². The van der Waals surface area contributed by atoms with Crippen LogP contribution in [0.3, 0.4) is 0 Å². The number of esters is 2. The Hall–Kier alpha value is -2.62. The van der Waals surface area contributed by atoms with E-state index in [0.717, 1.165) is 12.8 Å². The van der Waals surface area contributed by atoms with Crippen molar-refractivity contribution in [1.82, 2.24) is 0 Å². The minimum atomic E-state index is -0.241. The van der Waals surface area contributed by atoms with Crippen LogP contribution in [0.1, 0.15) is 67.2 Å². The molecule has 152 valence electrons. The predicted octanol–water partition coefficient (Wildman–Crippen LogP) is 5.92. The first kappa shape index (κ1) is 23.4. The molecule has 4 nitrogen and oxygen atoms in total. The Bertz CT molecular complexity index is 666. The van der Waals surface area contributed by atoms with Crippen molar-refractivity contribution < 1.29 is 19.1 Å². The molecule has 0 saturated heterocycles. The standard InChI is InChI=1S/C13H18O2.C11H14O2/c1-2-3-4-8-11-15-13(14)12-9-6-5-7-10-12;1-9(2)8-13-11(12)10-6-4-3-5-7-10/h5-7,9-10H,2-4,8,11H2,1H3;3-7,9H,8H2,1-2H3. The van der Waals surface area contributed by atoms with Gasteiger partial charge in [-0.25, -0.2) is 9.59 Å². The van der Waals surface area contributed by atoms with Gasteiger partial charge in [0.05, 0.1) is 24.3 Å². The Labute approximate surface area is 168 Å². The molecule has 0 saturated carbocycles. The number of rotatable bonds is 9. The average Bonchev–Trinajstić information content (AvgIpc) is 2.73. The van der Waals surface area contributed by atoms with E-state index in [1.54, 1.807) is 24.3 Å². The Kier molecular flexibility index (Phi) is 12.1.